The first-order valence-corrected chi connectivity index (χ1v) is 5.13. The summed E-state index contributed by atoms with van der Waals surface area (Å²) in [4.78, 5) is 25.6. The van der Waals surface area contributed by atoms with Gasteiger partial charge in [-0.15, -0.1) is 4.99 Å². The zero-order chi connectivity index (χ0) is 12.5. The van der Waals surface area contributed by atoms with Crippen molar-refractivity contribution in [1.82, 2.24) is 5.06 Å². The second-order valence-corrected chi connectivity index (χ2v) is 3.35. The summed E-state index contributed by atoms with van der Waals surface area (Å²) >= 11 is 0. The van der Waals surface area contributed by atoms with E-state index in [1.54, 1.807) is 18.1 Å². The van der Waals surface area contributed by atoms with Crippen LogP contribution in [-0.4, -0.2) is 28.7 Å². The van der Waals surface area contributed by atoms with E-state index in [4.69, 9.17) is 5.26 Å². The molecular formula is C12H13NO4. The molecule has 90 valence electrons. The number of carbonyl (C=O) groups is 1. The molecule has 0 aliphatic carbocycles. The highest BCUT2D eigenvalue weighted by molar-refractivity contribution is 5.77. The molecule has 0 aromatic heterocycles. The van der Waals surface area contributed by atoms with Gasteiger partial charge in [-0.25, -0.2) is 10.1 Å². The first kappa shape index (κ1) is 13.1. The van der Waals surface area contributed by atoms with Crippen molar-refractivity contribution in [3.63, 3.8) is 0 Å². The number of nitrogens with zero attached hydrogens (tertiary/aromatic N) is 1. The van der Waals surface area contributed by atoms with Gasteiger partial charge in [0.15, 0.2) is 0 Å². The van der Waals surface area contributed by atoms with Crippen LogP contribution in [0, 0.1) is 0 Å². The second kappa shape index (κ2) is 7.35. The number of rotatable bonds is 6. The standard InChI is InChI=1S/C12H13NO4/c14-9-5-4-8-13(17-16)12(15)10-11-6-2-1-3-7-11/h1-3,5-7,16H,4,8,10H2. The summed E-state index contributed by atoms with van der Waals surface area (Å²) in [5.74, 6) is 1.21. The maximum atomic E-state index is 11.7. The van der Waals surface area contributed by atoms with Gasteiger partial charge in [0, 0.05) is 6.08 Å². The molecule has 5 nitrogen and oxygen atoms in total. The van der Waals surface area contributed by atoms with Crippen LogP contribution in [0.25, 0.3) is 0 Å². The van der Waals surface area contributed by atoms with Crippen LogP contribution >= 0.6 is 0 Å². The Morgan fingerprint density at radius 3 is 2.71 bits per heavy atom. The van der Waals surface area contributed by atoms with Crippen molar-refractivity contribution in [1.29, 1.82) is 0 Å². The fourth-order valence-corrected chi connectivity index (χ4v) is 1.31. The van der Waals surface area contributed by atoms with Crippen molar-refractivity contribution in [3.8, 4) is 0 Å². The van der Waals surface area contributed by atoms with Crippen LogP contribution in [0.3, 0.4) is 0 Å². The zero-order valence-electron chi connectivity index (χ0n) is 9.20. The molecule has 0 saturated heterocycles. The molecule has 0 fully saturated rings. The van der Waals surface area contributed by atoms with E-state index in [0.717, 1.165) is 10.6 Å². The summed E-state index contributed by atoms with van der Waals surface area (Å²) in [5, 5.41) is 9.37. The quantitative estimate of drug-likeness (QED) is 0.457. The lowest BCUT2D eigenvalue weighted by Crippen LogP contribution is -2.32. The SMILES string of the molecule is O=C=CCCN(OO)C(=O)Cc1ccccc1. The highest BCUT2D eigenvalue weighted by Crippen LogP contribution is 2.03. The average molecular weight is 235 g/mol. The molecule has 1 aromatic carbocycles. The Hall–Kier alpha value is -1.94. The predicted octanol–water partition coefficient (Wildman–Crippen LogP) is 1.24. The molecule has 1 amide bonds. The van der Waals surface area contributed by atoms with Gasteiger partial charge in [0.1, 0.15) is 5.94 Å². The van der Waals surface area contributed by atoms with Crippen molar-refractivity contribution in [2.24, 2.45) is 0 Å². The van der Waals surface area contributed by atoms with Crippen molar-refractivity contribution in [3.05, 3.63) is 42.0 Å². The fourth-order valence-electron chi connectivity index (χ4n) is 1.31. The van der Waals surface area contributed by atoms with Crippen LogP contribution < -0.4 is 0 Å². The minimum Gasteiger partial charge on any atom is -0.272 e. The second-order valence-electron chi connectivity index (χ2n) is 3.35. The Kier molecular flexibility index (Phi) is 5.68. The normalized spacial score (nSPS) is 9.47. The van der Waals surface area contributed by atoms with Gasteiger partial charge in [0.05, 0.1) is 13.0 Å². The Morgan fingerprint density at radius 2 is 2.12 bits per heavy atom. The van der Waals surface area contributed by atoms with Gasteiger partial charge < -0.3 is 0 Å². The molecule has 0 saturated carbocycles. The molecule has 0 atom stereocenters. The molecule has 0 unspecified atom stereocenters. The molecule has 5 heteroatoms. The molecule has 1 N–H and O–H groups in total. The number of hydrogen-bond donors (Lipinski definition) is 1. The zero-order valence-corrected chi connectivity index (χ0v) is 9.20. The molecule has 0 aliphatic rings. The molecule has 1 aromatic rings. The van der Waals surface area contributed by atoms with E-state index < -0.39 is 0 Å². The van der Waals surface area contributed by atoms with Gasteiger partial charge in [-0.2, -0.15) is 5.06 Å². The third kappa shape index (κ3) is 4.61. The number of hydrogen-bond acceptors (Lipinski definition) is 4. The Bertz CT molecular complexity index is 398. The summed E-state index contributed by atoms with van der Waals surface area (Å²) in [6, 6.07) is 9.10. The van der Waals surface area contributed by atoms with Crippen molar-refractivity contribution in [2.45, 2.75) is 12.8 Å². The topological polar surface area (TPSA) is 66.8 Å². The summed E-state index contributed by atoms with van der Waals surface area (Å²) in [7, 11) is 0. The van der Waals surface area contributed by atoms with E-state index >= 15 is 0 Å². The van der Waals surface area contributed by atoms with Crippen LogP contribution in [0.2, 0.25) is 0 Å². The Labute approximate surface area is 98.8 Å². The molecule has 0 heterocycles. The molecule has 0 aliphatic heterocycles. The largest absolute Gasteiger partial charge is 0.272 e. The lowest BCUT2D eigenvalue weighted by Gasteiger charge is -2.16. The lowest BCUT2D eigenvalue weighted by molar-refractivity contribution is -0.378. The highest BCUT2D eigenvalue weighted by atomic mass is 17.2. The third-order valence-electron chi connectivity index (χ3n) is 2.13. The summed E-state index contributed by atoms with van der Waals surface area (Å²) < 4.78 is 0. The molecule has 0 radical (unpaired) electrons. The van der Waals surface area contributed by atoms with Crippen LogP contribution in [0.1, 0.15) is 12.0 Å². The number of benzene rings is 1. The summed E-state index contributed by atoms with van der Waals surface area (Å²) in [6.07, 6.45) is 1.64. The van der Waals surface area contributed by atoms with Crippen LogP contribution in [-0.2, 0) is 21.0 Å². The average Bonchev–Trinajstić information content (AvgIpc) is 2.36. The minimum absolute atomic E-state index is 0.109. The van der Waals surface area contributed by atoms with Crippen molar-refractivity contribution in [2.75, 3.05) is 6.54 Å². The summed E-state index contributed by atoms with van der Waals surface area (Å²) in [5.41, 5.74) is 0.825. The number of carbonyl (C=O) groups excluding carboxylic acids is 2. The van der Waals surface area contributed by atoms with Gasteiger partial charge in [-0.05, 0) is 12.0 Å². The molecule has 17 heavy (non-hydrogen) atoms. The van der Waals surface area contributed by atoms with E-state index in [-0.39, 0.29) is 25.3 Å². The number of hydroxylamine groups is 2. The summed E-state index contributed by atoms with van der Waals surface area (Å²) in [6.45, 7) is 0.109. The van der Waals surface area contributed by atoms with Gasteiger partial charge >= 0.3 is 0 Å². The van der Waals surface area contributed by atoms with E-state index in [0.29, 0.717) is 0 Å². The van der Waals surface area contributed by atoms with E-state index in [9.17, 15) is 9.59 Å². The van der Waals surface area contributed by atoms with E-state index in [2.05, 4.69) is 4.99 Å². The molecule has 0 bridgehead atoms. The van der Waals surface area contributed by atoms with Crippen LogP contribution in [0.4, 0.5) is 0 Å². The smallest absolute Gasteiger partial charge is 0.252 e. The highest BCUT2D eigenvalue weighted by Gasteiger charge is 2.13. The monoisotopic (exact) mass is 235 g/mol. The lowest BCUT2D eigenvalue weighted by atomic mass is 10.1. The number of amides is 1. The van der Waals surface area contributed by atoms with Crippen LogP contribution in [0.5, 0.6) is 0 Å². The fraction of sp³-hybridized carbons (Fsp3) is 0.250. The van der Waals surface area contributed by atoms with Gasteiger partial charge in [-0.3, -0.25) is 4.79 Å². The maximum Gasteiger partial charge on any atom is 0.252 e. The van der Waals surface area contributed by atoms with Crippen molar-refractivity contribution >= 4 is 11.8 Å². The van der Waals surface area contributed by atoms with Crippen LogP contribution in [0.15, 0.2) is 36.4 Å². The Morgan fingerprint density at radius 1 is 1.41 bits per heavy atom. The third-order valence-corrected chi connectivity index (χ3v) is 2.13. The maximum absolute atomic E-state index is 11.7. The molecular weight excluding hydrogens is 222 g/mol. The minimum atomic E-state index is -0.377. The first-order chi connectivity index (χ1) is 8.27. The predicted molar refractivity (Wildman–Crippen MR) is 60.5 cm³/mol. The van der Waals surface area contributed by atoms with Gasteiger partial charge in [0.2, 0.25) is 0 Å². The molecule has 1 rings (SSSR count). The van der Waals surface area contributed by atoms with Gasteiger partial charge in [0.25, 0.3) is 5.91 Å². The first-order valence-electron chi connectivity index (χ1n) is 5.13. The van der Waals surface area contributed by atoms with Gasteiger partial charge in [-0.1, -0.05) is 30.3 Å². The van der Waals surface area contributed by atoms with E-state index in [1.165, 1.54) is 6.08 Å². The van der Waals surface area contributed by atoms with Crippen molar-refractivity contribution < 1.29 is 19.8 Å². The van der Waals surface area contributed by atoms with E-state index in [1.807, 2.05) is 18.2 Å². The molecule has 0 spiro atoms. The Balaban J connectivity index is 2.52.